The number of hydrazone groups is 1. The molecule has 6 nitrogen and oxygen atoms in total. The van der Waals surface area contributed by atoms with Crippen molar-refractivity contribution in [3.05, 3.63) is 22.7 Å². The lowest BCUT2D eigenvalue weighted by molar-refractivity contribution is -0.129. The molecule has 7 heteroatoms. The molecule has 108 valence electrons. The quantitative estimate of drug-likeness (QED) is 0.673. The molecule has 0 saturated heterocycles. The van der Waals surface area contributed by atoms with Gasteiger partial charge in [0.15, 0.2) is 0 Å². The summed E-state index contributed by atoms with van der Waals surface area (Å²) in [7, 11) is 3.33. The first-order chi connectivity index (χ1) is 9.23. The molecule has 0 aliphatic heterocycles. The Morgan fingerprint density at radius 1 is 1.25 bits per heavy atom. The van der Waals surface area contributed by atoms with Crippen LogP contribution in [0.25, 0.3) is 0 Å². The summed E-state index contributed by atoms with van der Waals surface area (Å²) >= 11 is 3.40. The van der Waals surface area contributed by atoms with E-state index in [1.54, 1.807) is 32.3 Å². The summed E-state index contributed by atoms with van der Waals surface area (Å²) < 4.78 is 0.715. The predicted molar refractivity (Wildman–Crippen MR) is 82.4 cm³/mol. The highest BCUT2D eigenvalue weighted by molar-refractivity contribution is 9.10. The van der Waals surface area contributed by atoms with Crippen molar-refractivity contribution >= 4 is 44.9 Å². The van der Waals surface area contributed by atoms with Gasteiger partial charge in [-0.25, -0.2) is 4.79 Å². The lowest BCUT2D eigenvalue weighted by Gasteiger charge is -2.19. The topological polar surface area (TPSA) is 73.2 Å². The number of benzene rings is 1. The molecule has 0 bridgehead atoms. The first kappa shape index (κ1) is 16.2. The highest BCUT2D eigenvalue weighted by Crippen LogP contribution is 2.30. The van der Waals surface area contributed by atoms with Crippen molar-refractivity contribution < 1.29 is 14.7 Å². The van der Waals surface area contributed by atoms with Crippen LogP contribution >= 0.6 is 15.9 Å². The van der Waals surface area contributed by atoms with E-state index in [1.165, 1.54) is 23.8 Å². The summed E-state index contributed by atoms with van der Waals surface area (Å²) in [6.45, 7) is 2.90. The van der Waals surface area contributed by atoms with Gasteiger partial charge in [-0.2, -0.15) is 5.10 Å². The maximum absolute atomic E-state index is 11.3. The van der Waals surface area contributed by atoms with Gasteiger partial charge in [0.2, 0.25) is 5.91 Å². The van der Waals surface area contributed by atoms with Crippen LogP contribution in [0.5, 0.6) is 0 Å². The van der Waals surface area contributed by atoms with E-state index < -0.39 is 5.97 Å². The second-order valence-corrected chi connectivity index (χ2v) is 5.08. The Morgan fingerprint density at radius 3 is 2.30 bits per heavy atom. The second-order valence-electron chi connectivity index (χ2n) is 4.23. The van der Waals surface area contributed by atoms with Gasteiger partial charge in [-0.05, 0) is 41.1 Å². The summed E-state index contributed by atoms with van der Waals surface area (Å²) in [6.07, 6.45) is 0. The molecular formula is C13H16BrN3O3. The molecule has 0 aliphatic rings. The average Bonchev–Trinajstić information content (AvgIpc) is 2.36. The van der Waals surface area contributed by atoms with Gasteiger partial charge in [0.25, 0.3) is 0 Å². The third-order valence-electron chi connectivity index (χ3n) is 2.75. The molecule has 0 saturated carbocycles. The number of anilines is 2. The van der Waals surface area contributed by atoms with E-state index in [9.17, 15) is 9.59 Å². The van der Waals surface area contributed by atoms with Crippen LogP contribution in [0.3, 0.4) is 0 Å². The Labute approximate surface area is 125 Å². The zero-order valence-corrected chi connectivity index (χ0v) is 13.3. The lowest BCUT2D eigenvalue weighted by atomic mass is 10.2. The van der Waals surface area contributed by atoms with E-state index in [1.807, 2.05) is 0 Å². The molecule has 0 radical (unpaired) electrons. The molecule has 1 rings (SSSR count). The van der Waals surface area contributed by atoms with Crippen LogP contribution in [0.4, 0.5) is 11.4 Å². The SMILES string of the molecule is CC(=O)N(C)c1ccc(N(C)N=C(C)C(=O)O)c(Br)c1. The number of nitrogens with zero attached hydrogens (tertiary/aromatic N) is 3. The minimum Gasteiger partial charge on any atom is -0.477 e. The Kier molecular flexibility index (Phi) is 5.26. The molecule has 0 aliphatic carbocycles. The highest BCUT2D eigenvalue weighted by Gasteiger charge is 2.11. The van der Waals surface area contributed by atoms with Crippen molar-refractivity contribution in [3.63, 3.8) is 0 Å². The number of hydrogen-bond acceptors (Lipinski definition) is 4. The molecule has 0 heterocycles. The minimum absolute atomic E-state index is 0.00988. The molecule has 1 N–H and O–H groups in total. The number of aliphatic carboxylic acids is 1. The molecule has 1 aromatic carbocycles. The summed E-state index contributed by atoms with van der Waals surface area (Å²) in [4.78, 5) is 23.6. The van der Waals surface area contributed by atoms with Crippen LogP contribution < -0.4 is 9.91 Å². The van der Waals surface area contributed by atoms with Crippen LogP contribution in [0.15, 0.2) is 27.8 Å². The van der Waals surface area contributed by atoms with Gasteiger partial charge in [0.05, 0.1) is 5.69 Å². The van der Waals surface area contributed by atoms with Gasteiger partial charge in [-0.3, -0.25) is 9.80 Å². The Balaban J connectivity index is 3.08. The van der Waals surface area contributed by atoms with Gasteiger partial charge in [0, 0.05) is 31.2 Å². The number of carboxylic acids is 1. The van der Waals surface area contributed by atoms with Crippen LogP contribution in [0.1, 0.15) is 13.8 Å². The lowest BCUT2D eigenvalue weighted by Crippen LogP contribution is -2.23. The smallest absolute Gasteiger partial charge is 0.351 e. The van der Waals surface area contributed by atoms with Gasteiger partial charge >= 0.3 is 5.97 Å². The third kappa shape index (κ3) is 3.80. The fraction of sp³-hybridized carbons (Fsp3) is 0.308. The number of hydrogen-bond donors (Lipinski definition) is 1. The summed E-state index contributed by atoms with van der Waals surface area (Å²) in [5.74, 6) is -1.14. The fourth-order valence-electron chi connectivity index (χ4n) is 1.47. The first-order valence-corrected chi connectivity index (χ1v) is 6.59. The molecule has 1 aromatic rings. The van der Waals surface area contributed by atoms with E-state index in [4.69, 9.17) is 5.11 Å². The van der Waals surface area contributed by atoms with Gasteiger partial charge in [0.1, 0.15) is 5.71 Å². The summed E-state index contributed by atoms with van der Waals surface area (Å²) in [5.41, 5.74) is 1.43. The van der Waals surface area contributed by atoms with Crippen LogP contribution in [0, 0.1) is 0 Å². The van der Waals surface area contributed by atoms with Crippen molar-refractivity contribution in [3.8, 4) is 0 Å². The molecule has 0 atom stereocenters. The maximum atomic E-state index is 11.3. The molecular weight excluding hydrogens is 326 g/mol. The summed E-state index contributed by atoms with van der Waals surface area (Å²) in [5, 5.41) is 14.2. The van der Waals surface area contributed by atoms with Crippen molar-refractivity contribution in [2.24, 2.45) is 5.10 Å². The molecule has 0 fully saturated rings. The number of carbonyl (C=O) groups is 2. The molecule has 1 amide bonds. The average molecular weight is 342 g/mol. The Bertz CT molecular complexity index is 572. The van der Waals surface area contributed by atoms with Crippen molar-refractivity contribution in [2.45, 2.75) is 13.8 Å². The van der Waals surface area contributed by atoms with E-state index in [2.05, 4.69) is 21.0 Å². The van der Waals surface area contributed by atoms with Gasteiger partial charge in [-0.15, -0.1) is 0 Å². The van der Waals surface area contributed by atoms with Gasteiger partial charge in [-0.1, -0.05) is 0 Å². The van der Waals surface area contributed by atoms with Crippen LogP contribution in [-0.4, -0.2) is 36.8 Å². The van der Waals surface area contributed by atoms with E-state index in [0.29, 0.717) is 10.2 Å². The standard InChI is InChI=1S/C13H16BrN3O3/c1-8(13(19)20)15-17(4)12-6-5-10(7-11(12)14)16(3)9(2)18/h5-7H,1-4H3,(H,19,20). The number of halogens is 1. The van der Waals surface area contributed by atoms with Crippen molar-refractivity contribution in [2.75, 3.05) is 24.0 Å². The normalized spacial score (nSPS) is 11.2. The summed E-state index contributed by atoms with van der Waals surface area (Å²) in [6, 6.07) is 5.31. The predicted octanol–water partition coefficient (Wildman–Crippen LogP) is 2.33. The third-order valence-corrected chi connectivity index (χ3v) is 3.38. The second kappa shape index (κ2) is 6.51. The highest BCUT2D eigenvalue weighted by atomic mass is 79.9. The molecule has 0 unspecified atom stereocenters. The van der Waals surface area contributed by atoms with E-state index in [-0.39, 0.29) is 11.6 Å². The number of carbonyl (C=O) groups excluding carboxylic acids is 1. The Morgan fingerprint density at radius 2 is 1.85 bits per heavy atom. The fourth-order valence-corrected chi connectivity index (χ4v) is 2.09. The minimum atomic E-state index is -1.07. The zero-order chi connectivity index (χ0) is 15.4. The zero-order valence-electron chi connectivity index (χ0n) is 11.7. The van der Waals surface area contributed by atoms with Crippen molar-refractivity contribution in [1.29, 1.82) is 0 Å². The molecule has 20 heavy (non-hydrogen) atoms. The molecule has 0 spiro atoms. The largest absolute Gasteiger partial charge is 0.477 e. The number of carboxylic acid groups (broad SMARTS) is 1. The first-order valence-electron chi connectivity index (χ1n) is 5.80. The van der Waals surface area contributed by atoms with E-state index in [0.717, 1.165) is 5.69 Å². The van der Waals surface area contributed by atoms with Gasteiger partial charge < -0.3 is 10.0 Å². The van der Waals surface area contributed by atoms with E-state index >= 15 is 0 Å². The molecule has 0 aromatic heterocycles. The maximum Gasteiger partial charge on any atom is 0.351 e. The number of rotatable bonds is 4. The Hall–Kier alpha value is -1.89. The van der Waals surface area contributed by atoms with Crippen LogP contribution in [0.2, 0.25) is 0 Å². The van der Waals surface area contributed by atoms with Crippen LogP contribution in [-0.2, 0) is 9.59 Å². The monoisotopic (exact) mass is 341 g/mol. The van der Waals surface area contributed by atoms with Crippen molar-refractivity contribution in [1.82, 2.24) is 0 Å². The number of amides is 1.